The summed E-state index contributed by atoms with van der Waals surface area (Å²) in [7, 11) is 0. The van der Waals surface area contributed by atoms with Crippen LogP contribution < -0.4 is 16.0 Å². The highest BCUT2D eigenvalue weighted by molar-refractivity contribution is 7.80. The van der Waals surface area contributed by atoms with E-state index >= 15 is 0 Å². The molecule has 2 amide bonds. The molecule has 1 aliphatic rings. The van der Waals surface area contributed by atoms with Crippen molar-refractivity contribution >= 4 is 46.3 Å². The fourth-order valence-electron chi connectivity index (χ4n) is 1.83. The number of anilines is 1. The predicted octanol–water partition coefficient (Wildman–Crippen LogP) is 0.437. The van der Waals surface area contributed by atoms with Gasteiger partial charge in [-0.05, 0) is 12.1 Å². The van der Waals surface area contributed by atoms with Crippen LogP contribution in [0.4, 0.5) is 5.69 Å². The number of thiocarbonyl (C=S) groups is 1. The summed E-state index contributed by atoms with van der Waals surface area (Å²) < 4.78 is 0. The Morgan fingerprint density at radius 3 is 2.50 bits per heavy atom. The van der Waals surface area contributed by atoms with Gasteiger partial charge >= 0.3 is 0 Å². The van der Waals surface area contributed by atoms with E-state index in [1.807, 2.05) is 0 Å². The number of nitrogens with two attached hydrogens (primary N) is 1. The average molecular weight is 284 g/mol. The molecule has 0 unspecified atom stereocenters. The molecule has 0 spiro atoms. The summed E-state index contributed by atoms with van der Waals surface area (Å²) in [5, 5.41) is 2.63. The van der Waals surface area contributed by atoms with Crippen LogP contribution in [0.25, 0.3) is 0 Å². The summed E-state index contributed by atoms with van der Waals surface area (Å²) in [5.74, 6) is -0.722. The first-order chi connectivity index (χ1) is 8.49. The largest absolute Gasteiger partial charge is 0.389 e. The fraction of sp³-hybridized carbons (Fsp3) is 0.182. The van der Waals surface area contributed by atoms with Crippen molar-refractivity contribution in [1.29, 1.82) is 0 Å². The Hall–Kier alpha value is -1.66. The van der Waals surface area contributed by atoms with Crippen LogP contribution in [0.3, 0.4) is 0 Å². The predicted molar refractivity (Wildman–Crippen MR) is 72.7 cm³/mol. The molecule has 7 heteroatoms. The summed E-state index contributed by atoms with van der Waals surface area (Å²) in [6, 6.07) is 5.11. The number of hydrogen-bond donors (Lipinski definition) is 2. The zero-order valence-electron chi connectivity index (χ0n) is 9.27. The van der Waals surface area contributed by atoms with Crippen LogP contribution in [0, 0.1) is 0 Å². The van der Waals surface area contributed by atoms with Crippen molar-refractivity contribution in [2.75, 3.05) is 18.0 Å². The highest BCUT2D eigenvalue weighted by Crippen LogP contribution is 2.27. The van der Waals surface area contributed by atoms with Gasteiger partial charge in [0.15, 0.2) is 0 Å². The van der Waals surface area contributed by atoms with E-state index in [0.29, 0.717) is 16.3 Å². The first-order valence-electron chi connectivity index (χ1n) is 5.15. The van der Waals surface area contributed by atoms with Gasteiger partial charge in [0.1, 0.15) is 4.99 Å². The molecule has 2 rings (SSSR count). The number of nitrogens with zero attached hydrogens (tertiary/aromatic N) is 1. The summed E-state index contributed by atoms with van der Waals surface area (Å²) in [4.78, 5) is 24.4. The highest BCUT2D eigenvalue weighted by Gasteiger charge is 2.25. The minimum Gasteiger partial charge on any atom is -0.389 e. The number of rotatable bonds is 2. The summed E-state index contributed by atoms with van der Waals surface area (Å²) in [6.07, 6.45) is 0. The molecule has 1 aromatic carbocycles. The number of amides is 2. The molecule has 1 aromatic rings. The lowest BCUT2D eigenvalue weighted by atomic mass is 10.1. The normalized spacial score (nSPS) is 15.5. The lowest BCUT2D eigenvalue weighted by Gasteiger charge is -2.29. The number of carbonyl (C=O) groups is 2. The van der Waals surface area contributed by atoms with Gasteiger partial charge in [-0.1, -0.05) is 29.9 Å². The van der Waals surface area contributed by atoms with Crippen LogP contribution in [-0.4, -0.2) is 29.9 Å². The van der Waals surface area contributed by atoms with Gasteiger partial charge in [0.05, 0.1) is 23.7 Å². The Labute approximate surface area is 114 Å². The van der Waals surface area contributed by atoms with Crippen LogP contribution in [0.2, 0.25) is 5.02 Å². The molecule has 0 saturated carbocycles. The van der Waals surface area contributed by atoms with Crippen molar-refractivity contribution in [1.82, 2.24) is 5.32 Å². The second kappa shape index (κ2) is 4.91. The molecular weight excluding hydrogens is 274 g/mol. The minimum atomic E-state index is -0.361. The molecule has 3 N–H and O–H groups in total. The van der Waals surface area contributed by atoms with Gasteiger partial charge in [0.2, 0.25) is 11.8 Å². The third kappa shape index (κ3) is 2.44. The van der Waals surface area contributed by atoms with E-state index in [-0.39, 0.29) is 29.9 Å². The first kappa shape index (κ1) is 12.8. The maximum atomic E-state index is 11.4. The molecule has 0 radical (unpaired) electrons. The number of nitrogens with one attached hydrogen (secondary N) is 1. The van der Waals surface area contributed by atoms with E-state index in [2.05, 4.69) is 5.32 Å². The second-order valence-electron chi connectivity index (χ2n) is 3.83. The van der Waals surface area contributed by atoms with Gasteiger partial charge in [-0.3, -0.25) is 14.9 Å². The second-order valence-corrected chi connectivity index (χ2v) is 4.67. The lowest BCUT2D eigenvalue weighted by Crippen LogP contribution is -2.52. The van der Waals surface area contributed by atoms with E-state index in [9.17, 15) is 9.59 Å². The minimum absolute atomic E-state index is 0.0711. The van der Waals surface area contributed by atoms with Crippen LogP contribution in [0.15, 0.2) is 18.2 Å². The zero-order valence-corrected chi connectivity index (χ0v) is 10.8. The molecule has 5 nitrogen and oxygen atoms in total. The Morgan fingerprint density at radius 1 is 1.33 bits per heavy atom. The fourth-order valence-corrected chi connectivity index (χ4v) is 2.37. The van der Waals surface area contributed by atoms with E-state index in [4.69, 9.17) is 29.6 Å². The van der Waals surface area contributed by atoms with Crippen LogP contribution >= 0.6 is 23.8 Å². The maximum absolute atomic E-state index is 11.4. The third-order valence-electron chi connectivity index (χ3n) is 2.53. The van der Waals surface area contributed by atoms with E-state index in [1.54, 1.807) is 23.1 Å². The molecule has 1 fully saturated rings. The number of benzene rings is 1. The van der Waals surface area contributed by atoms with Gasteiger partial charge < -0.3 is 10.6 Å². The van der Waals surface area contributed by atoms with Gasteiger partial charge in [0, 0.05) is 5.69 Å². The summed E-state index contributed by atoms with van der Waals surface area (Å²) in [6.45, 7) is 0.142. The summed E-state index contributed by atoms with van der Waals surface area (Å²) >= 11 is 11.0. The summed E-state index contributed by atoms with van der Waals surface area (Å²) in [5.41, 5.74) is 6.70. The average Bonchev–Trinajstić information content (AvgIpc) is 2.26. The monoisotopic (exact) mass is 283 g/mol. The van der Waals surface area contributed by atoms with Crippen molar-refractivity contribution in [3.05, 3.63) is 28.8 Å². The maximum Gasteiger partial charge on any atom is 0.246 e. The SMILES string of the molecule is NC(=S)c1c(Cl)cccc1N1CC(=O)NC(=O)C1. The van der Waals surface area contributed by atoms with Gasteiger partial charge in [-0.15, -0.1) is 0 Å². The van der Waals surface area contributed by atoms with Gasteiger partial charge in [-0.2, -0.15) is 0 Å². The number of carbonyl (C=O) groups excluding carboxylic acids is 2. The van der Waals surface area contributed by atoms with E-state index in [0.717, 1.165) is 0 Å². The number of halogens is 1. The topological polar surface area (TPSA) is 75.4 Å². The Balaban J connectivity index is 2.44. The van der Waals surface area contributed by atoms with Gasteiger partial charge in [-0.25, -0.2) is 0 Å². The third-order valence-corrected chi connectivity index (χ3v) is 3.05. The zero-order chi connectivity index (χ0) is 13.3. The van der Waals surface area contributed by atoms with Gasteiger partial charge in [0.25, 0.3) is 0 Å². The number of imide groups is 1. The van der Waals surface area contributed by atoms with Crippen molar-refractivity contribution in [2.24, 2.45) is 5.73 Å². The number of piperazine rings is 1. The van der Waals surface area contributed by atoms with Crippen molar-refractivity contribution in [2.45, 2.75) is 0 Å². The molecule has 0 atom stereocenters. The molecule has 94 valence electrons. The van der Waals surface area contributed by atoms with Crippen LogP contribution in [0.1, 0.15) is 5.56 Å². The molecule has 18 heavy (non-hydrogen) atoms. The molecule has 0 aromatic heterocycles. The Morgan fingerprint density at radius 2 is 1.94 bits per heavy atom. The quantitative estimate of drug-likeness (QED) is 0.608. The molecular formula is C11H10ClN3O2S. The molecule has 0 aliphatic carbocycles. The highest BCUT2D eigenvalue weighted by atomic mass is 35.5. The molecule has 1 heterocycles. The van der Waals surface area contributed by atoms with Crippen molar-refractivity contribution in [3.8, 4) is 0 Å². The van der Waals surface area contributed by atoms with Crippen LogP contribution in [0.5, 0.6) is 0 Å². The standard InChI is InChI=1S/C11H10ClN3O2S/c12-6-2-1-3-7(10(6)11(13)18)15-4-8(16)14-9(17)5-15/h1-3H,4-5H2,(H2,13,18)(H,14,16,17). The van der Waals surface area contributed by atoms with E-state index in [1.165, 1.54) is 0 Å². The molecule has 0 bridgehead atoms. The van der Waals surface area contributed by atoms with Crippen molar-refractivity contribution in [3.63, 3.8) is 0 Å². The van der Waals surface area contributed by atoms with Crippen LogP contribution in [-0.2, 0) is 9.59 Å². The number of hydrogen-bond acceptors (Lipinski definition) is 4. The molecule has 1 aliphatic heterocycles. The van der Waals surface area contributed by atoms with E-state index < -0.39 is 0 Å². The Bertz CT molecular complexity index is 531. The first-order valence-corrected chi connectivity index (χ1v) is 5.93. The van der Waals surface area contributed by atoms with Crippen molar-refractivity contribution < 1.29 is 9.59 Å². The smallest absolute Gasteiger partial charge is 0.246 e. The lowest BCUT2D eigenvalue weighted by molar-refractivity contribution is -0.130. The molecule has 1 saturated heterocycles. The Kier molecular flexibility index (Phi) is 3.49.